The van der Waals surface area contributed by atoms with E-state index in [1.165, 1.54) is 0 Å². The average Bonchev–Trinajstić information content (AvgIpc) is 2.67. The van der Waals surface area contributed by atoms with Gasteiger partial charge in [-0.1, -0.05) is 44.8 Å². The van der Waals surface area contributed by atoms with Crippen LogP contribution < -0.4 is 0 Å². The lowest BCUT2D eigenvalue weighted by atomic mass is 10.2. The van der Waals surface area contributed by atoms with E-state index in [2.05, 4.69) is 26.1 Å². The number of nitrogens with zero attached hydrogens (tertiary/aromatic N) is 2. The first-order chi connectivity index (χ1) is 6.81. The van der Waals surface area contributed by atoms with Gasteiger partial charge >= 0.3 is 0 Å². The number of hydrogen-bond donors (Lipinski definition) is 0. The van der Waals surface area contributed by atoms with Crippen LogP contribution in [0.1, 0.15) is 5.89 Å². The zero-order valence-corrected chi connectivity index (χ0v) is 9.42. The minimum absolute atomic E-state index is 0.519. The highest BCUT2D eigenvalue weighted by molar-refractivity contribution is 9.08. The number of alkyl halides is 1. The number of hydrogen-bond acceptors (Lipinski definition) is 3. The first-order valence-electron chi connectivity index (χ1n) is 3.94. The van der Waals surface area contributed by atoms with Crippen LogP contribution in [-0.4, -0.2) is 10.1 Å². The van der Waals surface area contributed by atoms with E-state index >= 15 is 0 Å². The molecule has 0 radical (unpaired) electrons. The predicted molar refractivity (Wildman–Crippen MR) is 57.4 cm³/mol. The van der Waals surface area contributed by atoms with Crippen molar-refractivity contribution in [3.8, 4) is 11.4 Å². The van der Waals surface area contributed by atoms with Gasteiger partial charge in [0.2, 0.25) is 11.7 Å². The Kier molecular flexibility index (Phi) is 2.84. The Balaban J connectivity index is 2.44. The van der Waals surface area contributed by atoms with Crippen LogP contribution in [0.15, 0.2) is 28.8 Å². The van der Waals surface area contributed by atoms with Crippen molar-refractivity contribution in [2.45, 2.75) is 5.33 Å². The summed E-state index contributed by atoms with van der Waals surface area (Å²) < 4.78 is 4.96. The minimum Gasteiger partial charge on any atom is -0.338 e. The molecular weight excluding hydrogens is 267 g/mol. The molecule has 0 bridgehead atoms. The van der Waals surface area contributed by atoms with Gasteiger partial charge in [0.15, 0.2) is 0 Å². The van der Waals surface area contributed by atoms with Crippen LogP contribution in [0.5, 0.6) is 0 Å². The highest BCUT2D eigenvalue weighted by atomic mass is 79.9. The maximum Gasteiger partial charge on any atom is 0.237 e. The summed E-state index contributed by atoms with van der Waals surface area (Å²) >= 11 is 9.21. The van der Waals surface area contributed by atoms with Gasteiger partial charge in [-0.2, -0.15) is 4.98 Å². The first kappa shape index (κ1) is 9.68. The van der Waals surface area contributed by atoms with Crippen molar-refractivity contribution in [2.24, 2.45) is 0 Å². The molecule has 1 aromatic carbocycles. The molecule has 0 N–H and O–H groups in total. The second-order valence-corrected chi connectivity index (χ2v) is 3.59. The van der Waals surface area contributed by atoms with Crippen molar-refractivity contribution in [3.63, 3.8) is 0 Å². The monoisotopic (exact) mass is 272 g/mol. The molecule has 0 amide bonds. The Labute approximate surface area is 94.2 Å². The second kappa shape index (κ2) is 4.11. The fraction of sp³-hybridized carbons (Fsp3) is 0.111. The van der Waals surface area contributed by atoms with Crippen molar-refractivity contribution >= 4 is 27.5 Å². The molecule has 0 saturated carbocycles. The van der Waals surface area contributed by atoms with E-state index < -0.39 is 0 Å². The standard InChI is InChI=1S/C9H6BrClN2O/c10-5-8-12-9(13-14-8)6-3-1-2-4-7(6)11/h1-4H,5H2. The van der Waals surface area contributed by atoms with Crippen molar-refractivity contribution in [1.29, 1.82) is 0 Å². The first-order valence-corrected chi connectivity index (χ1v) is 5.44. The van der Waals surface area contributed by atoms with E-state index in [0.717, 1.165) is 5.56 Å². The maximum atomic E-state index is 5.98. The van der Waals surface area contributed by atoms with Gasteiger partial charge < -0.3 is 4.52 Å². The topological polar surface area (TPSA) is 38.9 Å². The molecule has 5 heteroatoms. The lowest BCUT2D eigenvalue weighted by molar-refractivity contribution is 0.392. The molecule has 0 aliphatic heterocycles. The highest BCUT2D eigenvalue weighted by Crippen LogP contribution is 2.24. The smallest absolute Gasteiger partial charge is 0.237 e. The van der Waals surface area contributed by atoms with Gasteiger partial charge in [-0.15, -0.1) is 0 Å². The van der Waals surface area contributed by atoms with Crippen LogP contribution in [0.4, 0.5) is 0 Å². The van der Waals surface area contributed by atoms with E-state index in [9.17, 15) is 0 Å². The van der Waals surface area contributed by atoms with Crippen LogP contribution in [0.25, 0.3) is 11.4 Å². The third-order valence-corrected chi connectivity index (χ3v) is 2.51. The average molecular weight is 274 g/mol. The zero-order valence-electron chi connectivity index (χ0n) is 7.08. The molecule has 72 valence electrons. The summed E-state index contributed by atoms with van der Waals surface area (Å²) in [6.07, 6.45) is 0. The fourth-order valence-corrected chi connectivity index (χ4v) is 1.51. The largest absolute Gasteiger partial charge is 0.338 e. The van der Waals surface area contributed by atoms with E-state index in [1.807, 2.05) is 18.2 Å². The van der Waals surface area contributed by atoms with Crippen molar-refractivity contribution in [1.82, 2.24) is 10.1 Å². The van der Waals surface area contributed by atoms with E-state index in [0.29, 0.717) is 22.1 Å². The molecule has 0 saturated heterocycles. The maximum absolute atomic E-state index is 5.98. The van der Waals surface area contributed by atoms with Crippen LogP contribution >= 0.6 is 27.5 Å². The van der Waals surface area contributed by atoms with Gasteiger partial charge in [0.25, 0.3) is 0 Å². The Morgan fingerprint density at radius 3 is 2.79 bits per heavy atom. The summed E-state index contributed by atoms with van der Waals surface area (Å²) in [6, 6.07) is 7.38. The summed E-state index contributed by atoms with van der Waals surface area (Å²) in [5, 5.41) is 4.98. The Morgan fingerprint density at radius 2 is 2.14 bits per heavy atom. The molecular formula is C9H6BrClN2O. The molecule has 0 aliphatic carbocycles. The molecule has 0 spiro atoms. The number of halogens is 2. The quantitative estimate of drug-likeness (QED) is 0.788. The molecule has 1 aromatic heterocycles. The highest BCUT2D eigenvalue weighted by Gasteiger charge is 2.09. The summed E-state index contributed by atoms with van der Waals surface area (Å²) in [6.45, 7) is 0. The van der Waals surface area contributed by atoms with Gasteiger partial charge in [-0.25, -0.2) is 0 Å². The van der Waals surface area contributed by atoms with Crippen LogP contribution in [-0.2, 0) is 5.33 Å². The molecule has 1 heterocycles. The lowest BCUT2D eigenvalue weighted by Crippen LogP contribution is -1.82. The van der Waals surface area contributed by atoms with Gasteiger partial charge in [0.05, 0.1) is 10.4 Å². The second-order valence-electron chi connectivity index (χ2n) is 2.63. The summed E-state index contributed by atoms with van der Waals surface area (Å²) in [7, 11) is 0. The normalized spacial score (nSPS) is 10.4. The molecule has 2 rings (SSSR count). The molecule has 0 aliphatic rings. The van der Waals surface area contributed by atoms with Gasteiger partial charge in [-0.05, 0) is 12.1 Å². The molecule has 0 fully saturated rings. The number of rotatable bonds is 2. The predicted octanol–water partition coefficient (Wildman–Crippen LogP) is 3.28. The molecule has 0 unspecified atom stereocenters. The molecule has 3 nitrogen and oxygen atoms in total. The van der Waals surface area contributed by atoms with Crippen molar-refractivity contribution < 1.29 is 4.52 Å². The van der Waals surface area contributed by atoms with E-state index in [4.69, 9.17) is 16.1 Å². The van der Waals surface area contributed by atoms with Crippen molar-refractivity contribution in [3.05, 3.63) is 35.2 Å². The fourth-order valence-electron chi connectivity index (χ4n) is 1.06. The van der Waals surface area contributed by atoms with Crippen molar-refractivity contribution in [2.75, 3.05) is 0 Å². The molecule has 14 heavy (non-hydrogen) atoms. The zero-order chi connectivity index (χ0) is 9.97. The third-order valence-electron chi connectivity index (χ3n) is 1.70. The minimum atomic E-state index is 0.519. The van der Waals surface area contributed by atoms with E-state index in [-0.39, 0.29) is 0 Å². The third kappa shape index (κ3) is 1.81. The lowest BCUT2D eigenvalue weighted by Gasteiger charge is -1.95. The van der Waals surface area contributed by atoms with Crippen LogP contribution in [0, 0.1) is 0 Å². The Bertz CT molecular complexity index is 444. The molecule has 0 atom stereocenters. The number of aromatic nitrogens is 2. The Hall–Kier alpha value is -0.870. The van der Waals surface area contributed by atoms with E-state index in [1.54, 1.807) is 6.07 Å². The van der Waals surface area contributed by atoms with Gasteiger partial charge in [0.1, 0.15) is 0 Å². The summed E-state index contributed by atoms with van der Waals surface area (Å²) in [5.74, 6) is 1.06. The summed E-state index contributed by atoms with van der Waals surface area (Å²) in [4.78, 5) is 4.15. The molecule has 2 aromatic rings. The Morgan fingerprint density at radius 1 is 1.36 bits per heavy atom. The van der Waals surface area contributed by atoms with Gasteiger partial charge in [-0.3, -0.25) is 0 Å². The van der Waals surface area contributed by atoms with Crippen LogP contribution in [0.2, 0.25) is 5.02 Å². The number of benzene rings is 1. The SMILES string of the molecule is Clc1ccccc1-c1noc(CBr)n1. The summed E-state index contributed by atoms with van der Waals surface area (Å²) in [5.41, 5.74) is 0.783. The van der Waals surface area contributed by atoms with Crippen LogP contribution in [0.3, 0.4) is 0 Å². The van der Waals surface area contributed by atoms with Gasteiger partial charge in [0, 0.05) is 5.56 Å².